The Hall–Kier alpha value is 0. The van der Waals surface area contributed by atoms with E-state index in [-0.39, 0.29) is 5.41 Å². The third kappa shape index (κ3) is 17.3. The summed E-state index contributed by atoms with van der Waals surface area (Å²) in [4.78, 5) is 0. The Balaban J connectivity index is 0. The van der Waals surface area contributed by atoms with Crippen molar-refractivity contribution in [2.45, 2.75) is 228 Å². The minimum atomic E-state index is 0.231. The maximum Gasteiger partial charge on any atom is -0.0293 e. The lowest BCUT2D eigenvalue weighted by Gasteiger charge is -2.61. The smallest absolute Gasteiger partial charge is 0.0293 e. The van der Waals surface area contributed by atoms with Crippen LogP contribution in [-0.2, 0) is 0 Å². The third-order valence-corrected chi connectivity index (χ3v) is 17.8. The van der Waals surface area contributed by atoms with Gasteiger partial charge in [0.1, 0.15) is 0 Å². The molecule has 1 unspecified atom stereocenters. The lowest BCUT2D eigenvalue weighted by molar-refractivity contribution is -0.136. The van der Waals surface area contributed by atoms with Crippen molar-refractivity contribution in [2.75, 3.05) is 0 Å². The first-order valence-electron chi connectivity index (χ1n) is 27.5. The van der Waals surface area contributed by atoms with Crippen LogP contribution in [0.25, 0.3) is 0 Å². The normalized spacial score (nSPS) is 14.8. The zero-order valence-electron chi connectivity index (χ0n) is 49.1. The van der Waals surface area contributed by atoms with E-state index in [4.69, 9.17) is 0 Å². The van der Waals surface area contributed by atoms with Gasteiger partial charge in [-0.25, -0.2) is 0 Å². The predicted molar refractivity (Wildman–Crippen MR) is 284 cm³/mol. The summed E-state index contributed by atoms with van der Waals surface area (Å²) < 4.78 is 0. The van der Waals surface area contributed by atoms with Gasteiger partial charge < -0.3 is 0 Å². The first-order valence-corrected chi connectivity index (χ1v) is 27.5. The van der Waals surface area contributed by atoms with Gasteiger partial charge in [-0.3, -0.25) is 0 Å². The molecule has 0 N–H and O–H groups in total. The van der Waals surface area contributed by atoms with Gasteiger partial charge in [0.25, 0.3) is 0 Å². The van der Waals surface area contributed by atoms with Gasteiger partial charge in [0, 0.05) is 0 Å². The monoisotopic (exact) mass is 859 g/mol. The Morgan fingerprint density at radius 3 is 0.475 bits per heavy atom. The van der Waals surface area contributed by atoms with Crippen LogP contribution in [-0.4, -0.2) is 0 Å². The van der Waals surface area contributed by atoms with Crippen LogP contribution in [0.1, 0.15) is 228 Å². The van der Waals surface area contributed by atoms with Crippen molar-refractivity contribution in [3.63, 3.8) is 0 Å². The molecule has 0 aromatic rings. The molecule has 0 saturated heterocycles. The highest BCUT2D eigenvalue weighted by Gasteiger charge is 2.57. The number of hydrogen-bond donors (Lipinski definition) is 0. The maximum absolute atomic E-state index is 2.71. The molecule has 0 amide bonds. The van der Waals surface area contributed by atoms with Gasteiger partial charge in [-0.2, -0.15) is 0 Å². The van der Waals surface area contributed by atoms with Crippen LogP contribution < -0.4 is 0 Å². The molecule has 370 valence electrons. The second kappa shape index (κ2) is 27.6. The molecule has 0 rings (SSSR count). The Kier molecular flexibility index (Phi) is 28.5. The SMILES string of the molecule is CC(C)C(C(C)C)C(C(C(C)C)C(C)C)C(C(C(C(C)C)C(C)C)C(C(C)C)C(C)C)C(C(C(C)C)C(C)C)C(C)(C)C(C)C.CC(C)C(C(C)C)C(C)C(C(C)C)C(C)C. The van der Waals surface area contributed by atoms with Crippen molar-refractivity contribution >= 4 is 0 Å². The molecular formula is C61H126. The molecule has 0 radical (unpaired) electrons. The largest absolute Gasteiger partial charge is 0.0625 e. The highest BCUT2D eigenvalue weighted by Crippen LogP contribution is 2.61. The summed E-state index contributed by atoms with van der Waals surface area (Å²) in [5, 5.41) is 0. The molecule has 0 nitrogen and oxygen atoms in total. The fourth-order valence-corrected chi connectivity index (χ4v) is 16.4. The van der Waals surface area contributed by atoms with Crippen molar-refractivity contribution in [1.82, 2.24) is 0 Å². The number of hydrogen-bond acceptors (Lipinski definition) is 0. The third-order valence-electron chi connectivity index (χ3n) is 17.8. The van der Waals surface area contributed by atoms with Crippen LogP contribution in [0.3, 0.4) is 0 Å². The molecule has 1 atom stereocenters. The van der Waals surface area contributed by atoms with E-state index in [0.29, 0.717) is 118 Å². The van der Waals surface area contributed by atoms with E-state index in [0.717, 1.165) is 41.4 Å². The van der Waals surface area contributed by atoms with Gasteiger partial charge in [0.15, 0.2) is 0 Å². The second-order valence-electron chi connectivity index (χ2n) is 27.6. The van der Waals surface area contributed by atoms with Crippen molar-refractivity contribution in [1.29, 1.82) is 0 Å². The summed E-state index contributed by atoms with van der Waals surface area (Å²) in [7, 11) is 0. The molecule has 0 heterocycles. The minimum absolute atomic E-state index is 0.231. The molecule has 0 aliphatic heterocycles. The fraction of sp³-hybridized carbons (Fsp3) is 1.00. The molecule has 0 aliphatic rings. The molecule has 0 fully saturated rings. The van der Waals surface area contributed by atoms with Gasteiger partial charge >= 0.3 is 0 Å². The topological polar surface area (TPSA) is 0 Å². The van der Waals surface area contributed by atoms with Crippen LogP contribution in [0.5, 0.6) is 0 Å². The van der Waals surface area contributed by atoms with Crippen LogP contribution in [0.2, 0.25) is 0 Å². The van der Waals surface area contributed by atoms with E-state index in [2.05, 4.69) is 228 Å². The Bertz CT molecular complexity index is 927. The molecule has 61 heavy (non-hydrogen) atoms. The van der Waals surface area contributed by atoms with Crippen molar-refractivity contribution < 1.29 is 0 Å². The first kappa shape index (κ1) is 63.1. The summed E-state index contributed by atoms with van der Waals surface area (Å²) >= 11 is 0. The average Bonchev–Trinajstić information content (AvgIpc) is 3.01. The van der Waals surface area contributed by atoms with E-state index in [1.54, 1.807) is 0 Å². The maximum atomic E-state index is 2.71. The van der Waals surface area contributed by atoms with Crippen LogP contribution in [0.4, 0.5) is 0 Å². The van der Waals surface area contributed by atoms with E-state index in [1.165, 1.54) is 0 Å². The molecule has 0 heteroatoms. The molecule has 0 aliphatic carbocycles. The Morgan fingerprint density at radius 1 is 0.180 bits per heavy atom. The fourth-order valence-electron chi connectivity index (χ4n) is 16.4. The van der Waals surface area contributed by atoms with E-state index < -0.39 is 0 Å². The molecule has 0 bridgehead atoms. The zero-order valence-corrected chi connectivity index (χ0v) is 49.1. The van der Waals surface area contributed by atoms with E-state index in [1.807, 2.05) is 0 Å². The summed E-state index contributed by atoms with van der Waals surface area (Å²) in [5.41, 5.74) is 0.231. The van der Waals surface area contributed by atoms with Crippen molar-refractivity contribution in [2.24, 2.45) is 165 Å². The summed E-state index contributed by atoms with van der Waals surface area (Å²) in [6.45, 7) is 83.7. The molecule has 0 aromatic heterocycles. The van der Waals surface area contributed by atoms with Gasteiger partial charge in [-0.15, -0.1) is 0 Å². The van der Waals surface area contributed by atoms with Gasteiger partial charge in [-0.05, 0) is 165 Å². The molecule has 0 aromatic carbocycles. The Labute approximate surface area is 392 Å². The summed E-state index contributed by atoms with van der Waals surface area (Å²) in [5.74, 6) is 19.3. The van der Waals surface area contributed by atoms with Crippen LogP contribution in [0, 0.1) is 165 Å². The standard InChI is InChI=1S/C45H92.C16H34/c1-25(2)36(26(3)4)41(37(27(5)6)28(7)8)43(44(45(23,24)35(21)22)40(33(17)18)34(19)20)42(38(29(9)10)30(11)12)39(31(13)14)32(15)16;1-10(2)15(11(3)4)14(9)16(12(5)6)13(7)8/h25-44H,1-24H3;10-16H,1-9H3. The molecule has 0 saturated carbocycles. The number of rotatable bonds is 26. The highest BCUT2D eigenvalue weighted by molar-refractivity contribution is 5.04. The first-order chi connectivity index (χ1) is 27.5. The van der Waals surface area contributed by atoms with Gasteiger partial charge in [0.05, 0.1) is 0 Å². The van der Waals surface area contributed by atoms with E-state index >= 15 is 0 Å². The highest BCUT2D eigenvalue weighted by atomic mass is 14.6. The minimum Gasteiger partial charge on any atom is -0.0625 e. The quantitative estimate of drug-likeness (QED) is 0.0813. The Morgan fingerprint density at radius 2 is 0.344 bits per heavy atom. The molecular weight excluding hydrogens is 733 g/mol. The summed E-state index contributed by atoms with van der Waals surface area (Å²) in [6, 6.07) is 0. The lowest BCUT2D eigenvalue weighted by atomic mass is 9.44. The zero-order chi connectivity index (χ0) is 49.1. The second-order valence-corrected chi connectivity index (χ2v) is 27.6. The van der Waals surface area contributed by atoms with Crippen LogP contribution >= 0.6 is 0 Å². The average molecular weight is 860 g/mol. The summed E-state index contributed by atoms with van der Waals surface area (Å²) in [6.07, 6.45) is 0. The van der Waals surface area contributed by atoms with Gasteiger partial charge in [0.2, 0.25) is 0 Å². The predicted octanol–water partition coefficient (Wildman–Crippen LogP) is 20.3. The van der Waals surface area contributed by atoms with Crippen molar-refractivity contribution in [3.8, 4) is 0 Å². The molecule has 0 spiro atoms. The van der Waals surface area contributed by atoms with Crippen LogP contribution in [0.15, 0.2) is 0 Å². The van der Waals surface area contributed by atoms with Crippen molar-refractivity contribution in [3.05, 3.63) is 0 Å². The van der Waals surface area contributed by atoms with Gasteiger partial charge in [-0.1, -0.05) is 228 Å². The lowest BCUT2D eigenvalue weighted by Crippen LogP contribution is -2.56. The van der Waals surface area contributed by atoms with E-state index in [9.17, 15) is 0 Å².